The Morgan fingerprint density at radius 1 is 1.43 bits per heavy atom. The minimum absolute atomic E-state index is 0.543. The van der Waals surface area contributed by atoms with Crippen LogP contribution in [0.3, 0.4) is 0 Å². The molecule has 1 rings (SSSR count). The molecule has 0 aromatic heterocycles. The van der Waals surface area contributed by atoms with E-state index in [9.17, 15) is 0 Å². The molecule has 0 atom stereocenters. The highest BCUT2D eigenvalue weighted by Crippen LogP contribution is 2.13. The van der Waals surface area contributed by atoms with Gasteiger partial charge in [0.05, 0.1) is 6.61 Å². The maximum Gasteiger partial charge on any atom is 0.119 e. The van der Waals surface area contributed by atoms with Crippen LogP contribution < -0.4 is 10.5 Å². The minimum atomic E-state index is 0.543. The zero-order chi connectivity index (χ0) is 10.2. The largest absolute Gasteiger partial charge is 0.494 e. The zero-order valence-electron chi connectivity index (χ0n) is 8.20. The molecule has 0 unspecified atom stereocenters. The Bertz CT molecular complexity index is 314. The predicted octanol–water partition coefficient (Wildman–Crippen LogP) is 1.94. The van der Waals surface area contributed by atoms with Crippen molar-refractivity contribution in [3.63, 3.8) is 0 Å². The molecule has 74 valence electrons. The van der Waals surface area contributed by atoms with Gasteiger partial charge in [-0.25, -0.2) is 0 Å². The van der Waals surface area contributed by atoms with Crippen molar-refractivity contribution in [3.05, 3.63) is 29.8 Å². The molecule has 0 saturated carbocycles. The Labute approximate surface area is 85.1 Å². The molecule has 2 nitrogen and oxygen atoms in total. The first-order valence-corrected chi connectivity index (χ1v) is 4.72. The lowest BCUT2D eigenvalue weighted by Crippen LogP contribution is -1.99. The summed E-state index contributed by atoms with van der Waals surface area (Å²) in [5.74, 6) is 3.44. The van der Waals surface area contributed by atoms with E-state index in [1.165, 1.54) is 0 Å². The van der Waals surface area contributed by atoms with Crippen LogP contribution in [0.1, 0.15) is 18.4 Å². The second kappa shape index (κ2) is 6.06. The molecule has 0 saturated heterocycles. The quantitative estimate of drug-likeness (QED) is 0.567. The molecular weight excluding hydrogens is 174 g/mol. The molecule has 0 heterocycles. The van der Waals surface area contributed by atoms with E-state index in [2.05, 4.69) is 5.92 Å². The van der Waals surface area contributed by atoms with Gasteiger partial charge in [-0.15, -0.1) is 12.3 Å². The number of ether oxygens (including phenoxy) is 1. The lowest BCUT2D eigenvalue weighted by molar-refractivity contribution is 0.312. The standard InChI is InChI=1S/C12H15NO/c1-2-3-4-8-14-12-7-5-6-11(9-12)10-13/h1,5-7,9H,3-4,8,10,13H2. The first-order valence-electron chi connectivity index (χ1n) is 4.72. The van der Waals surface area contributed by atoms with Gasteiger partial charge in [0.2, 0.25) is 0 Å². The fourth-order valence-electron chi connectivity index (χ4n) is 1.13. The van der Waals surface area contributed by atoms with Gasteiger partial charge >= 0.3 is 0 Å². The van der Waals surface area contributed by atoms with E-state index in [1.54, 1.807) is 0 Å². The van der Waals surface area contributed by atoms with E-state index in [0.717, 1.165) is 24.2 Å². The summed E-state index contributed by atoms with van der Waals surface area (Å²) in [4.78, 5) is 0. The van der Waals surface area contributed by atoms with E-state index in [-0.39, 0.29) is 0 Å². The van der Waals surface area contributed by atoms with Gasteiger partial charge in [0.25, 0.3) is 0 Å². The fraction of sp³-hybridized carbons (Fsp3) is 0.333. The summed E-state index contributed by atoms with van der Waals surface area (Å²) >= 11 is 0. The van der Waals surface area contributed by atoms with E-state index >= 15 is 0 Å². The summed E-state index contributed by atoms with van der Waals surface area (Å²) in [6.07, 6.45) is 6.78. The number of terminal acetylenes is 1. The number of hydrogen-bond acceptors (Lipinski definition) is 2. The van der Waals surface area contributed by atoms with Gasteiger partial charge < -0.3 is 10.5 Å². The van der Waals surface area contributed by atoms with Gasteiger partial charge in [0, 0.05) is 13.0 Å². The Morgan fingerprint density at radius 2 is 2.29 bits per heavy atom. The van der Waals surface area contributed by atoms with E-state index in [0.29, 0.717) is 13.2 Å². The first kappa shape index (κ1) is 10.6. The summed E-state index contributed by atoms with van der Waals surface area (Å²) < 4.78 is 5.50. The molecule has 14 heavy (non-hydrogen) atoms. The Hall–Kier alpha value is -1.46. The van der Waals surface area contributed by atoms with E-state index in [4.69, 9.17) is 16.9 Å². The van der Waals surface area contributed by atoms with Crippen molar-refractivity contribution in [2.75, 3.05) is 6.61 Å². The number of unbranched alkanes of at least 4 members (excludes halogenated alkanes) is 1. The highest BCUT2D eigenvalue weighted by atomic mass is 16.5. The maximum absolute atomic E-state index is 5.51. The van der Waals surface area contributed by atoms with E-state index < -0.39 is 0 Å². The van der Waals surface area contributed by atoms with Crippen LogP contribution in [0.5, 0.6) is 5.75 Å². The van der Waals surface area contributed by atoms with Crippen molar-refractivity contribution in [3.8, 4) is 18.1 Å². The summed E-state index contributed by atoms with van der Waals surface area (Å²) in [6, 6.07) is 7.80. The van der Waals surface area contributed by atoms with Gasteiger partial charge in [-0.05, 0) is 24.1 Å². The van der Waals surface area contributed by atoms with Crippen molar-refractivity contribution in [1.82, 2.24) is 0 Å². The second-order valence-corrected chi connectivity index (χ2v) is 3.01. The van der Waals surface area contributed by atoms with Gasteiger partial charge in [-0.1, -0.05) is 12.1 Å². The molecule has 0 amide bonds. The SMILES string of the molecule is C#CCCCOc1cccc(CN)c1. The number of hydrogen-bond donors (Lipinski definition) is 1. The molecule has 2 heteroatoms. The van der Waals surface area contributed by atoms with Crippen molar-refractivity contribution in [2.45, 2.75) is 19.4 Å². The summed E-state index contributed by atoms with van der Waals surface area (Å²) in [5, 5.41) is 0. The molecule has 1 aromatic rings. The van der Waals surface area contributed by atoms with Crippen LogP contribution in [0.2, 0.25) is 0 Å². The predicted molar refractivity (Wildman–Crippen MR) is 57.9 cm³/mol. The second-order valence-electron chi connectivity index (χ2n) is 3.01. The molecule has 0 spiro atoms. The third-order valence-electron chi connectivity index (χ3n) is 1.87. The van der Waals surface area contributed by atoms with Crippen LogP contribution in [0.4, 0.5) is 0 Å². The zero-order valence-corrected chi connectivity index (χ0v) is 8.20. The molecule has 2 N–H and O–H groups in total. The first-order chi connectivity index (χ1) is 6.86. The van der Waals surface area contributed by atoms with E-state index in [1.807, 2.05) is 24.3 Å². The average Bonchev–Trinajstić information content (AvgIpc) is 2.25. The highest BCUT2D eigenvalue weighted by molar-refractivity contribution is 5.28. The summed E-state index contributed by atoms with van der Waals surface area (Å²) in [6.45, 7) is 1.21. The third-order valence-corrected chi connectivity index (χ3v) is 1.87. The monoisotopic (exact) mass is 189 g/mol. The van der Waals surface area contributed by atoms with Crippen LogP contribution in [0.15, 0.2) is 24.3 Å². The molecule has 0 aliphatic carbocycles. The van der Waals surface area contributed by atoms with Gasteiger partial charge in [-0.3, -0.25) is 0 Å². The Morgan fingerprint density at radius 3 is 3.00 bits per heavy atom. The van der Waals surface area contributed by atoms with Gasteiger partial charge in [0.15, 0.2) is 0 Å². The summed E-state index contributed by atoms with van der Waals surface area (Å²) in [5.41, 5.74) is 6.60. The summed E-state index contributed by atoms with van der Waals surface area (Å²) in [7, 11) is 0. The number of rotatable bonds is 5. The molecule has 0 aliphatic rings. The fourth-order valence-corrected chi connectivity index (χ4v) is 1.13. The minimum Gasteiger partial charge on any atom is -0.494 e. The van der Waals surface area contributed by atoms with Gasteiger partial charge in [0.1, 0.15) is 5.75 Å². The number of nitrogens with two attached hydrogens (primary N) is 1. The normalized spacial score (nSPS) is 9.43. The lowest BCUT2D eigenvalue weighted by atomic mass is 10.2. The maximum atomic E-state index is 5.51. The van der Waals surface area contributed by atoms with Crippen molar-refractivity contribution < 1.29 is 4.74 Å². The van der Waals surface area contributed by atoms with Crippen LogP contribution >= 0.6 is 0 Å². The van der Waals surface area contributed by atoms with Crippen molar-refractivity contribution in [2.24, 2.45) is 5.73 Å². The molecular formula is C12H15NO. The number of benzene rings is 1. The van der Waals surface area contributed by atoms with Crippen LogP contribution in [-0.4, -0.2) is 6.61 Å². The molecule has 0 bridgehead atoms. The molecule has 0 fully saturated rings. The average molecular weight is 189 g/mol. The molecule has 1 aromatic carbocycles. The van der Waals surface area contributed by atoms with Crippen LogP contribution in [0, 0.1) is 12.3 Å². The van der Waals surface area contributed by atoms with Gasteiger partial charge in [-0.2, -0.15) is 0 Å². The highest BCUT2D eigenvalue weighted by Gasteiger charge is 1.94. The molecule has 0 aliphatic heterocycles. The third kappa shape index (κ3) is 3.51. The lowest BCUT2D eigenvalue weighted by Gasteiger charge is -2.05. The van der Waals surface area contributed by atoms with Crippen LogP contribution in [-0.2, 0) is 6.54 Å². The smallest absolute Gasteiger partial charge is 0.119 e. The topological polar surface area (TPSA) is 35.2 Å². The van der Waals surface area contributed by atoms with Crippen molar-refractivity contribution in [1.29, 1.82) is 0 Å². The Balaban J connectivity index is 2.39. The Kier molecular flexibility index (Phi) is 4.60. The van der Waals surface area contributed by atoms with Crippen LogP contribution in [0.25, 0.3) is 0 Å². The van der Waals surface area contributed by atoms with Crippen molar-refractivity contribution >= 4 is 0 Å². The molecule has 0 radical (unpaired) electrons.